The Morgan fingerprint density at radius 1 is 1.09 bits per heavy atom. The van der Waals surface area contributed by atoms with Crippen LogP contribution in [0, 0.1) is 5.92 Å². The number of hydrogen-bond donors (Lipinski definition) is 1. The van der Waals surface area contributed by atoms with Gasteiger partial charge in [-0.1, -0.05) is 18.6 Å². The zero-order chi connectivity index (χ0) is 15.8. The maximum absolute atomic E-state index is 12.7. The van der Waals surface area contributed by atoms with E-state index in [0.29, 0.717) is 12.0 Å². The van der Waals surface area contributed by atoms with E-state index in [1.165, 1.54) is 37.8 Å². The summed E-state index contributed by atoms with van der Waals surface area (Å²) in [5.74, 6) is 1.44. The zero-order valence-electron chi connectivity index (χ0n) is 14.0. The van der Waals surface area contributed by atoms with E-state index in [0.717, 1.165) is 31.1 Å². The number of likely N-dealkylation sites (N-methyl/N-ethyl adjacent to an activating group) is 1. The van der Waals surface area contributed by atoms with Crippen molar-refractivity contribution in [2.24, 2.45) is 5.92 Å². The lowest BCUT2D eigenvalue weighted by Crippen LogP contribution is -2.49. The first kappa shape index (κ1) is 15.0. The van der Waals surface area contributed by atoms with Crippen molar-refractivity contribution in [3.05, 3.63) is 29.8 Å². The summed E-state index contributed by atoms with van der Waals surface area (Å²) in [6.45, 7) is 3.08. The van der Waals surface area contributed by atoms with Crippen molar-refractivity contribution in [3.63, 3.8) is 0 Å². The fourth-order valence-corrected chi connectivity index (χ4v) is 4.33. The molecular formula is C19H27N3O. The van der Waals surface area contributed by atoms with Crippen LogP contribution in [-0.4, -0.2) is 48.6 Å². The molecule has 2 heterocycles. The Morgan fingerprint density at radius 2 is 1.83 bits per heavy atom. The Labute approximate surface area is 138 Å². The molecule has 4 nitrogen and oxygen atoms in total. The summed E-state index contributed by atoms with van der Waals surface area (Å²) in [4.78, 5) is 17.1. The number of anilines is 1. The van der Waals surface area contributed by atoms with Gasteiger partial charge in [0.2, 0.25) is 0 Å². The molecule has 0 unspecified atom stereocenters. The number of carbonyl (C=O) groups excluding carboxylic acids is 1. The van der Waals surface area contributed by atoms with Crippen LogP contribution in [0.25, 0.3) is 0 Å². The molecule has 0 aromatic heterocycles. The normalized spacial score (nSPS) is 28.3. The Bertz CT molecular complexity index is 566. The first-order chi connectivity index (χ1) is 11.2. The van der Waals surface area contributed by atoms with E-state index >= 15 is 0 Å². The van der Waals surface area contributed by atoms with Crippen LogP contribution in [0.2, 0.25) is 0 Å². The third-order valence-electron chi connectivity index (χ3n) is 6.07. The van der Waals surface area contributed by atoms with Gasteiger partial charge in [0, 0.05) is 24.8 Å². The van der Waals surface area contributed by atoms with E-state index in [4.69, 9.17) is 0 Å². The second-order valence-corrected chi connectivity index (χ2v) is 7.54. The SMILES string of the molecule is CN1CC[C@@H]2CCN(C(=O)Nc3ccc(C4CCC4)cc3)[C@H]2C1. The highest BCUT2D eigenvalue weighted by Crippen LogP contribution is 2.36. The molecule has 2 amide bonds. The summed E-state index contributed by atoms with van der Waals surface area (Å²) < 4.78 is 0. The van der Waals surface area contributed by atoms with E-state index < -0.39 is 0 Å². The smallest absolute Gasteiger partial charge is 0.320 e. The largest absolute Gasteiger partial charge is 0.322 e. The average Bonchev–Trinajstić information content (AvgIpc) is 2.90. The lowest BCUT2D eigenvalue weighted by atomic mass is 9.80. The lowest BCUT2D eigenvalue weighted by Gasteiger charge is -2.36. The number of carbonyl (C=O) groups is 1. The van der Waals surface area contributed by atoms with Gasteiger partial charge in [-0.25, -0.2) is 4.79 Å². The van der Waals surface area contributed by atoms with Gasteiger partial charge in [0.05, 0.1) is 0 Å². The van der Waals surface area contributed by atoms with E-state index in [1.54, 1.807) is 0 Å². The van der Waals surface area contributed by atoms with Crippen LogP contribution in [0.3, 0.4) is 0 Å². The van der Waals surface area contributed by atoms with Crippen LogP contribution in [0.15, 0.2) is 24.3 Å². The summed E-state index contributed by atoms with van der Waals surface area (Å²) in [5, 5.41) is 3.10. The van der Waals surface area contributed by atoms with Gasteiger partial charge in [-0.3, -0.25) is 0 Å². The van der Waals surface area contributed by atoms with Gasteiger partial charge in [-0.15, -0.1) is 0 Å². The van der Waals surface area contributed by atoms with Gasteiger partial charge in [0.25, 0.3) is 0 Å². The highest BCUT2D eigenvalue weighted by molar-refractivity contribution is 5.89. The number of rotatable bonds is 2. The maximum atomic E-state index is 12.7. The standard InChI is InChI=1S/C19H27N3O/c1-21-11-9-16-10-12-22(18(16)13-21)19(23)20-17-7-5-15(6-8-17)14-3-2-4-14/h5-8,14,16,18H,2-4,9-13H2,1H3,(H,20,23)/t16-,18+/m1/s1. The van der Waals surface area contributed by atoms with Crippen LogP contribution in [0.1, 0.15) is 43.6 Å². The van der Waals surface area contributed by atoms with Crippen LogP contribution >= 0.6 is 0 Å². The zero-order valence-corrected chi connectivity index (χ0v) is 14.0. The molecule has 3 fully saturated rings. The number of benzene rings is 1. The van der Waals surface area contributed by atoms with Gasteiger partial charge >= 0.3 is 6.03 Å². The Hall–Kier alpha value is -1.55. The summed E-state index contributed by atoms with van der Waals surface area (Å²) in [6, 6.07) is 8.95. The number of nitrogens with zero attached hydrogens (tertiary/aromatic N) is 2. The summed E-state index contributed by atoms with van der Waals surface area (Å²) in [6.07, 6.45) is 6.37. The van der Waals surface area contributed by atoms with E-state index in [1.807, 2.05) is 0 Å². The molecular weight excluding hydrogens is 286 g/mol. The van der Waals surface area contributed by atoms with Crippen molar-refractivity contribution in [2.45, 2.75) is 44.1 Å². The first-order valence-electron chi connectivity index (χ1n) is 9.07. The number of amides is 2. The van der Waals surface area contributed by atoms with Crippen LogP contribution in [0.5, 0.6) is 0 Å². The molecule has 3 aliphatic rings. The molecule has 2 saturated heterocycles. The van der Waals surface area contributed by atoms with Crippen molar-refractivity contribution in [1.82, 2.24) is 9.80 Å². The van der Waals surface area contributed by atoms with E-state index in [2.05, 4.69) is 46.4 Å². The van der Waals surface area contributed by atoms with Crippen LogP contribution in [0.4, 0.5) is 10.5 Å². The van der Waals surface area contributed by atoms with Gasteiger partial charge in [0.1, 0.15) is 0 Å². The Balaban J connectivity index is 1.39. The second-order valence-electron chi connectivity index (χ2n) is 7.54. The lowest BCUT2D eigenvalue weighted by molar-refractivity contribution is 0.137. The molecule has 1 aromatic rings. The van der Waals surface area contributed by atoms with Crippen LogP contribution in [-0.2, 0) is 0 Å². The third-order valence-corrected chi connectivity index (χ3v) is 6.07. The van der Waals surface area contributed by atoms with Crippen molar-refractivity contribution in [2.75, 3.05) is 32.0 Å². The fourth-order valence-electron chi connectivity index (χ4n) is 4.33. The number of piperidine rings is 1. The van der Waals surface area contributed by atoms with Gasteiger partial charge in [0.15, 0.2) is 0 Å². The quantitative estimate of drug-likeness (QED) is 0.907. The molecule has 4 heteroatoms. The highest BCUT2D eigenvalue weighted by atomic mass is 16.2. The molecule has 4 rings (SSSR count). The monoisotopic (exact) mass is 313 g/mol. The van der Waals surface area contributed by atoms with Gasteiger partial charge in [-0.05, 0) is 68.8 Å². The van der Waals surface area contributed by atoms with E-state index in [-0.39, 0.29) is 6.03 Å². The predicted octanol–water partition coefficient (Wildman–Crippen LogP) is 3.51. The van der Waals surface area contributed by atoms with Gasteiger partial charge < -0.3 is 15.1 Å². The molecule has 23 heavy (non-hydrogen) atoms. The van der Waals surface area contributed by atoms with Crippen LogP contribution < -0.4 is 5.32 Å². The highest BCUT2D eigenvalue weighted by Gasteiger charge is 2.39. The molecule has 0 radical (unpaired) electrons. The molecule has 1 aliphatic carbocycles. The average molecular weight is 313 g/mol. The van der Waals surface area contributed by atoms with Gasteiger partial charge in [-0.2, -0.15) is 0 Å². The van der Waals surface area contributed by atoms with Crippen molar-refractivity contribution < 1.29 is 4.79 Å². The first-order valence-corrected chi connectivity index (χ1v) is 9.07. The number of likely N-dealkylation sites (tertiary alicyclic amines) is 2. The number of nitrogens with one attached hydrogen (secondary N) is 1. The predicted molar refractivity (Wildman–Crippen MR) is 92.8 cm³/mol. The van der Waals surface area contributed by atoms with Crippen molar-refractivity contribution >= 4 is 11.7 Å². The number of urea groups is 1. The number of fused-ring (bicyclic) bond motifs is 1. The molecule has 0 spiro atoms. The summed E-state index contributed by atoms with van der Waals surface area (Å²) in [7, 11) is 2.16. The number of hydrogen-bond acceptors (Lipinski definition) is 2. The third kappa shape index (κ3) is 2.97. The molecule has 1 saturated carbocycles. The van der Waals surface area contributed by atoms with Crippen molar-refractivity contribution in [3.8, 4) is 0 Å². The summed E-state index contributed by atoms with van der Waals surface area (Å²) in [5.41, 5.74) is 2.34. The molecule has 1 N–H and O–H groups in total. The minimum Gasteiger partial charge on any atom is -0.320 e. The molecule has 124 valence electrons. The molecule has 1 aromatic carbocycles. The Morgan fingerprint density at radius 3 is 2.52 bits per heavy atom. The minimum atomic E-state index is 0.0733. The fraction of sp³-hybridized carbons (Fsp3) is 0.632. The summed E-state index contributed by atoms with van der Waals surface area (Å²) >= 11 is 0. The molecule has 0 bridgehead atoms. The van der Waals surface area contributed by atoms with E-state index in [9.17, 15) is 4.79 Å². The molecule has 2 atom stereocenters. The topological polar surface area (TPSA) is 35.6 Å². The Kier molecular flexibility index (Phi) is 4.02. The minimum absolute atomic E-state index is 0.0733. The molecule has 2 aliphatic heterocycles. The second kappa shape index (κ2) is 6.16. The maximum Gasteiger partial charge on any atom is 0.322 e. The van der Waals surface area contributed by atoms with Crippen molar-refractivity contribution in [1.29, 1.82) is 0 Å².